The first kappa shape index (κ1) is 21.2. The third kappa shape index (κ3) is 5.67. The molecule has 1 amide bonds. The summed E-state index contributed by atoms with van der Waals surface area (Å²) in [4.78, 5) is 12.0. The van der Waals surface area contributed by atoms with Crippen molar-refractivity contribution in [2.75, 3.05) is 20.3 Å². The monoisotopic (exact) mass is 396 g/mol. The van der Waals surface area contributed by atoms with Crippen molar-refractivity contribution < 1.29 is 18.7 Å². The minimum Gasteiger partial charge on any atom is -0.483 e. The molecule has 0 bridgehead atoms. The predicted octanol–water partition coefficient (Wildman–Crippen LogP) is 2.82. The molecule has 1 aromatic carbocycles. The van der Waals surface area contributed by atoms with Gasteiger partial charge in [0.1, 0.15) is 6.61 Å². The summed E-state index contributed by atoms with van der Waals surface area (Å²) < 4.78 is 26.5. The molecule has 0 aliphatic rings. The largest absolute Gasteiger partial charge is 0.483 e. The highest BCUT2D eigenvalue weighted by Crippen LogP contribution is 2.27. The number of nitrogens with one attached hydrogen (secondary N) is 1. The number of benzene rings is 1. The molecular formula is C18H25FN4O3S. The number of hydrogen-bond acceptors (Lipinski definition) is 6. The molecule has 0 aliphatic carbocycles. The highest BCUT2D eigenvalue weighted by molar-refractivity contribution is 8.00. The number of amides is 1. The summed E-state index contributed by atoms with van der Waals surface area (Å²) in [7, 11) is 1.61. The average Bonchev–Trinajstić information content (AvgIpc) is 3.04. The summed E-state index contributed by atoms with van der Waals surface area (Å²) in [5.41, 5.74) is 0. The fourth-order valence-electron chi connectivity index (χ4n) is 2.48. The quantitative estimate of drug-likeness (QED) is 0.622. The van der Waals surface area contributed by atoms with E-state index in [1.807, 2.05) is 25.3 Å². The molecule has 0 saturated carbocycles. The number of nitrogens with zero attached hydrogens (tertiary/aromatic N) is 3. The molecule has 0 saturated heterocycles. The number of halogens is 1. The summed E-state index contributed by atoms with van der Waals surface area (Å²) >= 11 is 1.31. The molecule has 2 aromatic rings. The molecule has 2 atom stereocenters. The van der Waals surface area contributed by atoms with Crippen LogP contribution in [0.15, 0.2) is 29.4 Å². The van der Waals surface area contributed by atoms with Crippen molar-refractivity contribution in [2.45, 2.75) is 43.8 Å². The van der Waals surface area contributed by atoms with Crippen molar-refractivity contribution in [3.8, 4) is 5.75 Å². The second kappa shape index (κ2) is 10.3. The van der Waals surface area contributed by atoms with Gasteiger partial charge in [0.25, 0.3) is 0 Å². The van der Waals surface area contributed by atoms with Crippen molar-refractivity contribution >= 4 is 17.7 Å². The third-order valence-corrected chi connectivity index (χ3v) is 4.84. The fraction of sp³-hybridized carbons (Fsp3) is 0.500. The summed E-state index contributed by atoms with van der Waals surface area (Å²) in [5, 5.41) is 11.4. The van der Waals surface area contributed by atoms with Crippen LogP contribution < -0.4 is 10.1 Å². The van der Waals surface area contributed by atoms with E-state index in [2.05, 4.69) is 15.5 Å². The van der Waals surface area contributed by atoms with Gasteiger partial charge in [-0.1, -0.05) is 23.9 Å². The van der Waals surface area contributed by atoms with Crippen molar-refractivity contribution in [1.82, 2.24) is 20.1 Å². The van der Waals surface area contributed by atoms with E-state index in [9.17, 15) is 9.18 Å². The Morgan fingerprint density at radius 3 is 2.74 bits per heavy atom. The SMILES string of the molecule is CCNC(=O)[C@@H](C)Sc1nnc(COc2ccccc2F)n1[C@H](C)COC. The first-order valence-electron chi connectivity index (χ1n) is 8.72. The van der Waals surface area contributed by atoms with E-state index >= 15 is 0 Å². The Morgan fingerprint density at radius 2 is 2.07 bits per heavy atom. The van der Waals surface area contributed by atoms with E-state index < -0.39 is 5.82 Å². The van der Waals surface area contributed by atoms with Gasteiger partial charge in [-0.05, 0) is 32.9 Å². The van der Waals surface area contributed by atoms with Crippen LogP contribution in [0, 0.1) is 5.82 Å². The molecule has 1 N–H and O–H groups in total. The zero-order chi connectivity index (χ0) is 19.8. The van der Waals surface area contributed by atoms with Crippen LogP contribution in [0.5, 0.6) is 5.75 Å². The Labute approximate surface area is 162 Å². The fourth-order valence-corrected chi connectivity index (χ4v) is 3.47. The van der Waals surface area contributed by atoms with E-state index in [0.717, 1.165) is 0 Å². The smallest absolute Gasteiger partial charge is 0.233 e. The number of thioether (sulfide) groups is 1. The van der Waals surface area contributed by atoms with Crippen LogP contribution in [0.3, 0.4) is 0 Å². The van der Waals surface area contributed by atoms with Gasteiger partial charge >= 0.3 is 0 Å². The molecule has 0 spiro atoms. The van der Waals surface area contributed by atoms with E-state index in [0.29, 0.717) is 24.1 Å². The van der Waals surface area contributed by atoms with E-state index in [1.165, 1.54) is 17.8 Å². The number of ether oxygens (including phenoxy) is 2. The lowest BCUT2D eigenvalue weighted by Gasteiger charge is -2.18. The molecule has 1 heterocycles. The van der Waals surface area contributed by atoms with Crippen LogP contribution in [-0.4, -0.2) is 46.2 Å². The number of hydrogen-bond donors (Lipinski definition) is 1. The number of carbonyl (C=O) groups is 1. The van der Waals surface area contributed by atoms with Gasteiger partial charge in [0.05, 0.1) is 17.9 Å². The molecule has 9 heteroatoms. The normalized spacial score (nSPS) is 13.2. The van der Waals surface area contributed by atoms with Gasteiger partial charge in [-0.15, -0.1) is 10.2 Å². The zero-order valence-electron chi connectivity index (χ0n) is 15.9. The molecular weight excluding hydrogens is 371 g/mol. The maximum absolute atomic E-state index is 13.8. The Kier molecular flexibility index (Phi) is 8.05. The lowest BCUT2D eigenvalue weighted by atomic mass is 10.3. The van der Waals surface area contributed by atoms with E-state index in [-0.39, 0.29) is 29.6 Å². The Morgan fingerprint density at radius 1 is 1.33 bits per heavy atom. The first-order chi connectivity index (χ1) is 13.0. The van der Waals surface area contributed by atoms with Crippen molar-refractivity contribution in [2.24, 2.45) is 0 Å². The van der Waals surface area contributed by atoms with Gasteiger partial charge in [0.2, 0.25) is 5.91 Å². The van der Waals surface area contributed by atoms with Crippen molar-refractivity contribution in [3.05, 3.63) is 35.9 Å². The molecule has 0 aliphatic heterocycles. The number of carbonyl (C=O) groups excluding carboxylic acids is 1. The third-order valence-electron chi connectivity index (χ3n) is 3.78. The number of aromatic nitrogens is 3. The van der Waals surface area contributed by atoms with Crippen LogP contribution in [0.2, 0.25) is 0 Å². The van der Waals surface area contributed by atoms with E-state index in [1.54, 1.807) is 25.3 Å². The van der Waals surface area contributed by atoms with Crippen molar-refractivity contribution in [1.29, 1.82) is 0 Å². The Balaban J connectivity index is 2.20. The predicted molar refractivity (Wildman–Crippen MR) is 101 cm³/mol. The Hall–Kier alpha value is -2.13. The second-order valence-corrected chi connectivity index (χ2v) is 7.25. The average molecular weight is 396 g/mol. The lowest BCUT2D eigenvalue weighted by Crippen LogP contribution is -2.31. The van der Waals surface area contributed by atoms with Crippen molar-refractivity contribution in [3.63, 3.8) is 0 Å². The lowest BCUT2D eigenvalue weighted by molar-refractivity contribution is -0.120. The highest BCUT2D eigenvalue weighted by atomic mass is 32.2. The molecule has 148 valence electrons. The first-order valence-corrected chi connectivity index (χ1v) is 9.60. The Bertz CT molecular complexity index is 756. The molecule has 2 rings (SSSR count). The molecule has 0 fully saturated rings. The summed E-state index contributed by atoms with van der Waals surface area (Å²) in [6.45, 7) is 6.70. The molecule has 7 nitrogen and oxygen atoms in total. The van der Waals surface area contributed by atoms with Gasteiger partial charge in [0, 0.05) is 13.7 Å². The topological polar surface area (TPSA) is 78.3 Å². The van der Waals surface area contributed by atoms with E-state index in [4.69, 9.17) is 9.47 Å². The maximum Gasteiger partial charge on any atom is 0.233 e. The zero-order valence-corrected chi connectivity index (χ0v) is 16.8. The van der Waals surface area contributed by atoms with Crippen LogP contribution in [0.25, 0.3) is 0 Å². The second-order valence-electron chi connectivity index (χ2n) is 5.95. The number of methoxy groups -OCH3 is 1. The van der Waals surface area contributed by atoms with Crippen LogP contribution in [0.4, 0.5) is 4.39 Å². The highest BCUT2D eigenvalue weighted by Gasteiger charge is 2.23. The standard InChI is InChI=1S/C18H25FN4O3S/c1-5-20-17(24)13(3)27-18-22-21-16(23(18)12(2)10-25-4)11-26-15-9-7-6-8-14(15)19/h6-9,12-13H,5,10-11H2,1-4H3,(H,20,24)/t12-,13-/m1/s1. The summed E-state index contributed by atoms with van der Waals surface area (Å²) in [5.74, 6) is 0.179. The molecule has 0 radical (unpaired) electrons. The van der Waals surface area contributed by atoms with Crippen LogP contribution in [-0.2, 0) is 16.1 Å². The van der Waals surface area contributed by atoms with Gasteiger partial charge in [-0.3, -0.25) is 9.36 Å². The summed E-state index contributed by atoms with van der Waals surface area (Å²) in [6, 6.07) is 6.12. The van der Waals surface area contributed by atoms with Gasteiger partial charge in [-0.2, -0.15) is 0 Å². The van der Waals surface area contributed by atoms with Gasteiger partial charge in [-0.25, -0.2) is 4.39 Å². The van der Waals surface area contributed by atoms with Crippen LogP contribution >= 0.6 is 11.8 Å². The van der Waals surface area contributed by atoms with Gasteiger partial charge in [0.15, 0.2) is 22.5 Å². The molecule has 27 heavy (non-hydrogen) atoms. The molecule has 0 unspecified atom stereocenters. The summed E-state index contributed by atoms with van der Waals surface area (Å²) in [6.07, 6.45) is 0. The van der Waals surface area contributed by atoms with Gasteiger partial charge < -0.3 is 14.8 Å². The maximum atomic E-state index is 13.8. The minimum absolute atomic E-state index is 0.0537. The van der Waals surface area contributed by atoms with Crippen LogP contribution in [0.1, 0.15) is 32.6 Å². The molecule has 1 aromatic heterocycles. The minimum atomic E-state index is -0.437. The number of para-hydroxylation sites is 1. The number of rotatable bonds is 10.